The molecule has 3 heteroatoms. The van der Waals surface area contributed by atoms with Gasteiger partial charge in [-0.05, 0) is 19.8 Å². The van der Waals surface area contributed by atoms with Crippen LogP contribution in [0.4, 0.5) is 0 Å². The summed E-state index contributed by atoms with van der Waals surface area (Å²) in [5.41, 5.74) is 6.55. The van der Waals surface area contributed by atoms with E-state index in [1.807, 2.05) is 0 Å². The van der Waals surface area contributed by atoms with Crippen molar-refractivity contribution in [1.82, 2.24) is 4.90 Å². The van der Waals surface area contributed by atoms with Crippen molar-refractivity contribution in [2.24, 2.45) is 5.73 Å². The molecule has 0 spiro atoms. The van der Waals surface area contributed by atoms with Gasteiger partial charge in [0.15, 0.2) is 0 Å². The highest BCUT2D eigenvalue weighted by molar-refractivity contribution is 4.90. The predicted octanol–water partition coefficient (Wildman–Crippen LogP) is 3.52. The van der Waals surface area contributed by atoms with E-state index in [9.17, 15) is 0 Å². The number of morpholine rings is 1. The van der Waals surface area contributed by atoms with Crippen LogP contribution >= 0.6 is 0 Å². The van der Waals surface area contributed by atoms with E-state index >= 15 is 0 Å². The molecule has 0 aliphatic carbocycles. The number of hydrogen-bond acceptors (Lipinski definition) is 3. The van der Waals surface area contributed by atoms with Crippen molar-refractivity contribution in [2.45, 2.75) is 83.8 Å². The zero-order valence-corrected chi connectivity index (χ0v) is 13.3. The quantitative estimate of drug-likeness (QED) is 0.651. The summed E-state index contributed by atoms with van der Waals surface area (Å²) in [5.74, 6) is 0. The second-order valence-electron chi connectivity index (χ2n) is 6.25. The fourth-order valence-electron chi connectivity index (χ4n) is 3.22. The molecular weight excluding hydrogens is 236 g/mol. The first-order valence-electron chi connectivity index (χ1n) is 8.24. The molecule has 0 saturated carbocycles. The van der Waals surface area contributed by atoms with Gasteiger partial charge >= 0.3 is 0 Å². The lowest BCUT2D eigenvalue weighted by molar-refractivity contribution is -0.0646. The van der Waals surface area contributed by atoms with E-state index in [-0.39, 0.29) is 11.7 Å². The van der Waals surface area contributed by atoms with Crippen molar-refractivity contribution in [1.29, 1.82) is 0 Å². The summed E-state index contributed by atoms with van der Waals surface area (Å²) in [6.07, 6.45) is 10.5. The maximum absolute atomic E-state index is 6.27. The van der Waals surface area contributed by atoms with Crippen LogP contribution in [0.25, 0.3) is 0 Å². The topological polar surface area (TPSA) is 38.5 Å². The smallest absolute Gasteiger partial charge is 0.0818 e. The number of hydrogen-bond donors (Lipinski definition) is 1. The van der Waals surface area contributed by atoms with Gasteiger partial charge in [0, 0.05) is 12.1 Å². The Morgan fingerprint density at radius 1 is 1.11 bits per heavy atom. The molecular formula is C16H34N2O. The Morgan fingerprint density at radius 3 is 2.16 bits per heavy atom. The number of rotatable bonds is 9. The summed E-state index contributed by atoms with van der Waals surface area (Å²) < 4.78 is 5.49. The molecule has 1 heterocycles. The molecule has 0 bridgehead atoms. The highest BCUT2D eigenvalue weighted by atomic mass is 16.5. The Kier molecular flexibility index (Phi) is 7.96. The van der Waals surface area contributed by atoms with Crippen molar-refractivity contribution >= 4 is 0 Å². The van der Waals surface area contributed by atoms with Crippen LogP contribution in [0.1, 0.15) is 72.1 Å². The van der Waals surface area contributed by atoms with Gasteiger partial charge < -0.3 is 10.5 Å². The van der Waals surface area contributed by atoms with Crippen molar-refractivity contribution in [2.75, 3.05) is 19.8 Å². The van der Waals surface area contributed by atoms with Gasteiger partial charge in [-0.15, -0.1) is 0 Å². The van der Waals surface area contributed by atoms with E-state index in [1.165, 1.54) is 51.4 Å². The predicted molar refractivity (Wildman–Crippen MR) is 82.2 cm³/mol. The second kappa shape index (κ2) is 8.93. The minimum atomic E-state index is 0.0852. The van der Waals surface area contributed by atoms with Crippen LogP contribution in [-0.4, -0.2) is 36.4 Å². The molecule has 0 aromatic rings. The maximum atomic E-state index is 6.27. The van der Waals surface area contributed by atoms with Crippen LogP contribution in [0.3, 0.4) is 0 Å². The molecule has 114 valence electrons. The minimum Gasteiger partial charge on any atom is -0.377 e. The summed E-state index contributed by atoms with van der Waals surface area (Å²) in [6.45, 7) is 9.49. The van der Waals surface area contributed by atoms with E-state index in [1.54, 1.807) is 0 Å². The summed E-state index contributed by atoms with van der Waals surface area (Å²) in [4.78, 5) is 2.52. The third-order valence-electron chi connectivity index (χ3n) is 4.50. The molecule has 1 fully saturated rings. The number of unbranched alkanes of at least 4 members (excludes halogenated alkanes) is 4. The molecule has 2 N–H and O–H groups in total. The average molecular weight is 270 g/mol. The van der Waals surface area contributed by atoms with E-state index < -0.39 is 0 Å². The van der Waals surface area contributed by atoms with Crippen LogP contribution in [0.15, 0.2) is 0 Å². The van der Waals surface area contributed by atoms with Gasteiger partial charge in [-0.2, -0.15) is 0 Å². The molecule has 0 amide bonds. The Bertz CT molecular complexity index is 223. The highest BCUT2D eigenvalue weighted by Crippen LogP contribution is 2.30. The second-order valence-corrected chi connectivity index (χ2v) is 6.25. The SMILES string of the molecule is CCCCCC(C)(CCCCC)N1CCOCC1N. The third kappa shape index (κ3) is 5.41. The van der Waals surface area contributed by atoms with Crippen molar-refractivity contribution in [3.8, 4) is 0 Å². The molecule has 0 radical (unpaired) electrons. The number of nitrogens with two attached hydrogens (primary N) is 1. The van der Waals surface area contributed by atoms with E-state index in [4.69, 9.17) is 10.5 Å². The standard InChI is InChI=1S/C16H34N2O/c1-4-6-8-10-16(3,11-9-7-5-2)18-12-13-19-14-15(18)17/h15H,4-14,17H2,1-3H3. The molecule has 1 rings (SSSR count). The van der Waals surface area contributed by atoms with Crippen LogP contribution in [0.2, 0.25) is 0 Å². The molecule has 1 aliphatic heterocycles. The fraction of sp³-hybridized carbons (Fsp3) is 1.00. The van der Waals surface area contributed by atoms with Gasteiger partial charge in [0.2, 0.25) is 0 Å². The lowest BCUT2D eigenvalue weighted by Crippen LogP contribution is -2.60. The summed E-state index contributed by atoms with van der Waals surface area (Å²) >= 11 is 0. The van der Waals surface area contributed by atoms with Crippen LogP contribution in [0, 0.1) is 0 Å². The Hall–Kier alpha value is -0.120. The summed E-state index contributed by atoms with van der Waals surface area (Å²) in [5, 5.41) is 0. The van der Waals surface area contributed by atoms with Gasteiger partial charge in [0.05, 0.1) is 19.4 Å². The number of nitrogens with zero attached hydrogens (tertiary/aromatic N) is 1. The van der Waals surface area contributed by atoms with E-state index in [2.05, 4.69) is 25.7 Å². The highest BCUT2D eigenvalue weighted by Gasteiger charge is 2.35. The van der Waals surface area contributed by atoms with Gasteiger partial charge in [-0.3, -0.25) is 4.90 Å². The van der Waals surface area contributed by atoms with Crippen molar-refractivity contribution in [3.63, 3.8) is 0 Å². The minimum absolute atomic E-state index is 0.0852. The summed E-state index contributed by atoms with van der Waals surface area (Å²) in [7, 11) is 0. The molecule has 1 atom stereocenters. The summed E-state index contributed by atoms with van der Waals surface area (Å²) in [6, 6.07) is 0. The molecule has 3 nitrogen and oxygen atoms in total. The van der Waals surface area contributed by atoms with Crippen molar-refractivity contribution < 1.29 is 4.74 Å². The van der Waals surface area contributed by atoms with Gasteiger partial charge in [0.1, 0.15) is 0 Å². The third-order valence-corrected chi connectivity index (χ3v) is 4.50. The fourth-order valence-corrected chi connectivity index (χ4v) is 3.22. The molecule has 1 saturated heterocycles. The Morgan fingerprint density at radius 2 is 1.68 bits per heavy atom. The normalized spacial score (nSPS) is 21.8. The first kappa shape index (κ1) is 16.9. The van der Waals surface area contributed by atoms with Crippen LogP contribution in [0.5, 0.6) is 0 Å². The Labute approximate surface area is 119 Å². The van der Waals surface area contributed by atoms with E-state index in [0.717, 1.165) is 13.2 Å². The average Bonchev–Trinajstić information content (AvgIpc) is 2.40. The number of ether oxygens (including phenoxy) is 1. The zero-order chi connectivity index (χ0) is 14.1. The molecule has 0 aromatic heterocycles. The van der Waals surface area contributed by atoms with E-state index in [0.29, 0.717) is 6.61 Å². The lowest BCUT2D eigenvalue weighted by Gasteiger charge is -2.47. The zero-order valence-electron chi connectivity index (χ0n) is 13.3. The largest absolute Gasteiger partial charge is 0.377 e. The maximum Gasteiger partial charge on any atom is 0.0818 e. The lowest BCUT2D eigenvalue weighted by atomic mass is 9.86. The molecule has 1 aliphatic rings. The first-order valence-corrected chi connectivity index (χ1v) is 8.24. The van der Waals surface area contributed by atoms with Crippen LogP contribution < -0.4 is 5.73 Å². The van der Waals surface area contributed by atoms with Gasteiger partial charge in [-0.25, -0.2) is 0 Å². The van der Waals surface area contributed by atoms with Gasteiger partial charge in [-0.1, -0.05) is 52.4 Å². The van der Waals surface area contributed by atoms with Crippen LogP contribution in [-0.2, 0) is 4.74 Å². The molecule has 0 aromatic carbocycles. The molecule has 1 unspecified atom stereocenters. The Balaban J connectivity index is 2.59. The first-order chi connectivity index (χ1) is 9.14. The van der Waals surface area contributed by atoms with Crippen molar-refractivity contribution in [3.05, 3.63) is 0 Å². The monoisotopic (exact) mass is 270 g/mol. The molecule has 19 heavy (non-hydrogen) atoms. The van der Waals surface area contributed by atoms with Gasteiger partial charge in [0.25, 0.3) is 0 Å².